The molecule has 1 aliphatic carbocycles. The quantitative estimate of drug-likeness (QED) is 0.735. The number of nitrogens with one attached hydrogen (secondary N) is 2. The van der Waals surface area contributed by atoms with Crippen LogP contribution in [0.25, 0.3) is 0 Å². The van der Waals surface area contributed by atoms with Gasteiger partial charge in [-0.1, -0.05) is 32.6 Å². The average Bonchev–Trinajstić information content (AvgIpc) is 2.73. The standard InChI is InChI=1S/C15H31N3O2S/c1-2-16-13-14-9-11-18(12-10-14)21(19,20)17-15-7-5-3-4-6-8-15/h14-17H,2-13H2,1H3. The molecule has 0 aromatic carbocycles. The van der Waals surface area contributed by atoms with Gasteiger partial charge < -0.3 is 5.32 Å². The van der Waals surface area contributed by atoms with Crippen molar-refractivity contribution < 1.29 is 8.42 Å². The van der Waals surface area contributed by atoms with Crippen LogP contribution in [0.3, 0.4) is 0 Å². The van der Waals surface area contributed by atoms with Gasteiger partial charge in [-0.05, 0) is 44.7 Å². The molecule has 0 radical (unpaired) electrons. The first-order valence-corrected chi connectivity index (χ1v) is 10.0. The van der Waals surface area contributed by atoms with Crippen LogP contribution in [-0.2, 0) is 10.2 Å². The first-order valence-electron chi connectivity index (χ1n) is 8.60. The summed E-state index contributed by atoms with van der Waals surface area (Å²) in [5.41, 5.74) is 0. The van der Waals surface area contributed by atoms with Gasteiger partial charge in [0.1, 0.15) is 0 Å². The maximum Gasteiger partial charge on any atom is 0.279 e. The third kappa shape index (κ3) is 5.51. The van der Waals surface area contributed by atoms with Gasteiger partial charge >= 0.3 is 0 Å². The minimum Gasteiger partial charge on any atom is -0.317 e. The molecule has 0 amide bonds. The first-order chi connectivity index (χ1) is 10.1. The molecule has 0 aromatic heterocycles. The number of rotatable bonds is 6. The minimum absolute atomic E-state index is 0.150. The van der Waals surface area contributed by atoms with Gasteiger partial charge in [0.15, 0.2) is 0 Å². The fourth-order valence-electron chi connectivity index (χ4n) is 3.38. The van der Waals surface area contributed by atoms with Crippen LogP contribution in [-0.4, -0.2) is 44.9 Å². The Balaban J connectivity index is 1.80. The van der Waals surface area contributed by atoms with E-state index in [-0.39, 0.29) is 6.04 Å². The lowest BCUT2D eigenvalue weighted by atomic mass is 9.98. The fraction of sp³-hybridized carbons (Fsp3) is 1.00. The van der Waals surface area contributed by atoms with Crippen molar-refractivity contribution in [3.05, 3.63) is 0 Å². The van der Waals surface area contributed by atoms with Crippen LogP contribution >= 0.6 is 0 Å². The molecule has 124 valence electrons. The largest absolute Gasteiger partial charge is 0.317 e. The summed E-state index contributed by atoms with van der Waals surface area (Å²) in [4.78, 5) is 0. The molecule has 0 atom stereocenters. The number of hydrogen-bond acceptors (Lipinski definition) is 3. The highest BCUT2D eigenvalue weighted by Crippen LogP contribution is 2.21. The van der Waals surface area contributed by atoms with Crippen molar-refractivity contribution in [3.8, 4) is 0 Å². The van der Waals surface area contributed by atoms with Gasteiger partial charge in [-0.3, -0.25) is 0 Å². The van der Waals surface area contributed by atoms with E-state index in [1.165, 1.54) is 12.8 Å². The van der Waals surface area contributed by atoms with Crippen LogP contribution in [0.15, 0.2) is 0 Å². The lowest BCUT2D eigenvalue weighted by molar-refractivity contribution is 0.264. The average molecular weight is 317 g/mol. The number of hydrogen-bond donors (Lipinski definition) is 2. The molecule has 2 aliphatic rings. The lowest BCUT2D eigenvalue weighted by Crippen LogP contribution is -2.48. The molecule has 1 aliphatic heterocycles. The third-order valence-electron chi connectivity index (χ3n) is 4.77. The van der Waals surface area contributed by atoms with Gasteiger partial charge in [0.05, 0.1) is 0 Å². The molecule has 21 heavy (non-hydrogen) atoms. The third-order valence-corrected chi connectivity index (χ3v) is 6.44. The number of nitrogens with zero attached hydrogens (tertiary/aromatic N) is 1. The zero-order valence-electron chi connectivity index (χ0n) is 13.3. The summed E-state index contributed by atoms with van der Waals surface area (Å²) in [5.74, 6) is 0.620. The Labute approximate surface area is 130 Å². The molecule has 6 heteroatoms. The normalized spacial score (nSPS) is 24.0. The highest BCUT2D eigenvalue weighted by atomic mass is 32.2. The molecule has 0 unspecified atom stereocenters. The van der Waals surface area contributed by atoms with Crippen molar-refractivity contribution in [2.24, 2.45) is 5.92 Å². The Morgan fingerprint density at radius 3 is 2.19 bits per heavy atom. The van der Waals surface area contributed by atoms with Gasteiger partial charge in [-0.2, -0.15) is 17.4 Å². The summed E-state index contributed by atoms with van der Waals surface area (Å²) >= 11 is 0. The zero-order valence-corrected chi connectivity index (χ0v) is 14.1. The highest BCUT2D eigenvalue weighted by molar-refractivity contribution is 7.87. The van der Waals surface area contributed by atoms with Crippen LogP contribution in [0.5, 0.6) is 0 Å². The summed E-state index contributed by atoms with van der Waals surface area (Å²) < 4.78 is 29.6. The van der Waals surface area contributed by atoms with E-state index in [0.717, 1.165) is 51.6 Å². The summed E-state index contributed by atoms with van der Waals surface area (Å²) in [6.45, 7) is 5.44. The van der Waals surface area contributed by atoms with Crippen molar-refractivity contribution in [3.63, 3.8) is 0 Å². The Morgan fingerprint density at radius 2 is 1.62 bits per heavy atom. The van der Waals surface area contributed by atoms with Crippen LogP contribution in [0.1, 0.15) is 58.3 Å². The van der Waals surface area contributed by atoms with Crippen molar-refractivity contribution in [2.45, 2.75) is 64.3 Å². The lowest BCUT2D eigenvalue weighted by Gasteiger charge is -2.32. The molecule has 1 saturated carbocycles. The zero-order chi connectivity index (χ0) is 15.1. The van der Waals surface area contributed by atoms with E-state index in [1.54, 1.807) is 4.31 Å². The van der Waals surface area contributed by atoms with E-state index in [0.29, 0.717) is 19.0 Å². The van der Waals surface area contributed by atoms with E-state index < -0.39 is 10.2 Å². The van der Waals surface area contributed by atoms with Gasteiger partial charge in [-0.15, -0.1) is 0 Å². The maximum absolute atomic E-state index is 12.5. The molecule has 1 heterocycles. The smallest absolute Gasteiger partial charge is 0.279 e. The number of piperidine rings is 1. The summed E-state index contributed by atoms with van der Waals surface area (Å²) in [7, 11) is -3.28. The Hall–Kier alpha value is -0.170. The first kappa shape index (κ1) is 17.2. The van der Waals surface area contributed by atoms with Crippen LogP contribution in [0.2, 0.25) is 0 Å². The van der Waals surface area contributed by atoms with Crippen LogP contribution in [0, 0.1) is 5.92 Å². The van der Waals surface area contributed by atoms with E-state index >= 15 is 0 Å². The second-order valence-corrected chi connectivity index (χ2v) is 8.16. The van der Waals surface area contributed by atoms with Gasteiger partial charge in [-0.25, -0.2) is 0 Å². The summed E-state index contributed by atoms with van der Waals surface area (Å²) in [6.07, 6.45) is 8.72. The van der Waals surface area contributed by atoms with Crippen molar-refractivity contribution >= 4 is 10.2 Å². The van der Waals surface area contributed by atoms with Gasteiger partial charge in [0, 0.05) is 19.1 Å². The Morgan fingerprint density at radius 1 is 1.00 bits per heavy atom. The molecule has 0 bridgehead atoms. The molecule has 0 aromatic rings. The molecule has 2 rings (SSSR count). The Bertz CT molecular complexity index is 384. The predicted molar refractivity (Wildman–Crippen MR) is 86.4 cm³/mol. The highest BCUT2D eigenvalue weighted by Gasteiger charge is 2.29. The summed E-state index contributed by atoms with van der Waals surface area (Å²) in [6, 6.07) is 0.150. The van der Waals surface area contributed by atoms with E-state index in [2.05, 4.69) is 17.0 Å². The molecule has 5 nitrogen and oxygen atoms in total. The van der Waals surface area contributed by atoms with E-state index in [1.807, 2.05) is 0 Å². The molecular formula is C15H31N3O2S. The Kier molecular flexibility index (Phi) is 6.92. The monoisotopic (exact) mass is 317 g/mol. The second kappa shape index (κ2) is 8.46. The molecule has 1 saturated heterocycles. The maximum atomic E-state index is 12.5. The van der Waals surface area contributed by atoms with E-state index in [9.17, 15) is 8.42 Å². The van der Waals surface area contributed by atoms with Gasteiger partial charge in [0.25, 0.3) is 10.2 Å². The predicted octanol–water partition coefficient (Wildman–Crippen LogP) is 1.87. The fourth-order valence-corrected chi connectivity index (χ4v) is 4.88. The second-order valence-electron chi connectivity index (χ2n) is 6.46. The molecule has 2 N–H and O–H groups in total. The van der Waals surface area contributed by atoms with Crippen molar-refractivity contribution in [1.29, 1.82) is 0 Å². The molecule has 2 fully saturated rings. The summed E-state index contributed by atoms with van der Waals surface area (Å²) in [5, 5.41) is 3.36. The van der Waals surface area contributed by atoms with Crippen LogP contribution in [0.4, 0.5) is 0 Å². The molecule has 0 spiro atoms. The minimum atomic E-state index is -3.28. The van der Waals surface area contributed by atoms with Crippen molar-refractivity contribution in [1.82, 2.24) is 14.3 Å². The van der Waals surface area contributed by atoms with Crippen molar-refractivity contribution in [2.75, 3.05) is 26.2 Å². The van der Waals surface area contributed by atoms with Crippen LogP contribution < -0.4 is 10.0 Å². The molecular weight excluding hydrogens is 286 g/mol. The SMILES string of the molecule is CCNCC1CCN(S(=O)(=O)NC2CCCCCC2)CC1. The topological polar surface area (TPSA) is 61.4 Å². The van der Waals surface area contributed by atoms with Gasteiger partial charge in [0.2, 0.25) is 0 Å². The van der Waals surface area contributed by atoms with E-state index in [4.69, 9.17) is 0 Å².